The predicted molar refractivity (Wildman–Crippen MR) is 93.1 cm³/mol. The van der Waals surface area contributed by atoms with Gasteiger partial charge >= 0.3 is 0 Å². The van der Waals surface area contributed by atoms with Gasteiger partial charge in [0.2, 0.25) is 0 Å². The molecule has 1 heterocycles. The van der Waals surface area contributed by atoms with Crippen molar-refractivity contribution in [3.8, 4) is 0 Å². The number of fused-ring (bicyclic) bond motifs is 2. The summed E-state index contributed by atoms with van der Waals surface area (Å²) < 4.78 is 0. The van der Waals surface area contributed by atoms with Gasteiger partial charge in [0.05, 0.1) is 11.0 Å². The van der Waals surface area contributed by atoms with E-state index in [4.69, 9.17) is 4.98 Å². The zero-order valence-electron chi connectivity index (χ0n) is 12.4. The third kappa shape index (κ3) is 2.46. The van der Waals surface area contributed by atoms with Gasteiger partial charge < -0.3 is 0 Å². The van der Waals surface area contributed by atoms with Gasteiger partial charge in [-0.05, 0) is 42.2 Å². The van der Waals surface area contributed by atoms with E-state index in [1.54, 1.807) is 0 Å². The lowest BCUT2D eigenvalue weighted by Crippen LogP contribution is -1.93. The van der Waals surface area contributed by atoms with Crippen LogP contribution in [0.5, 0.6) is 0 Å². The van der Waals surface area contributed by atoms with E-state index in [1.807, 2.05) is 6.07 Å². The minimum atomic E-state index is 1.04. The molecule has 0 bridgehead atoms. The number of hydrogen-bond acceptors (Lipinski definition) is 1. The van der Waals surface area contributed by atoms with Crippen molar-refractivity contribution in [1.82, 2.24) is 4.98 Å². The van der Waals surface area contributed by atoms with Gasteiger partial charge in [0.15, 0.2) is 0 Å². The molecule has 0 atom stereocenters. The molecule has 1 nitrogen and oxygen atoms in total. The van der Waals surface area contributed by atoms with Crippen LogP contribution in [0.2, 0.25) is 0 Å². The van der Waals surface area contributed by atoms with Gasteiger partial charge in [-0.1, -0.05) is 60.7 Å². The zero-order chi connectivity index (χ0) is 14.8. The Morgan fingerprint density at radius 2 is 1.41 bits per heavy atom. The van der Waals surface area contributed by atoms with Gasteiger partial charge in [0.25, 0.3) is 0 Å². The van der Waals surface area contributed by atoms with Crippen LogP contribution in [0.1, 0.15) is 11.1 Å². The second-order valence-corrected chi connectivity index (χ2v) is 5.65. The number of aromatic nitrogens is 1. The van der Waals surface area contributed by atoms with E-state index in [2.05, 4.69) is 72.8 Å². The molecule has 0 spiro atoms. The molecule has 0 aliphatic rings. The fourth-order valence-corrected chi connectivity index (χ4v) is 3.00. The summed E-state index contributed by atoms with van der Waals surface area (Å²) in [5, 5.41) is 2.49. The third-order valence-corrected chi connectivity index (χ3v) is 4.18. The maximum atomic E-state index is 4.79. The highest BCUT2D eigenvalue weighted by Crippen LogP contribution is 2.23. The minimum absolute atomic E-state index is 1.04. The summed E-state index contributed by atoms with van der Waals surface area (Å²) in [7, 11) is 0. The molecule has 0 aliphatic heterocycles. The van der Waals surface area contributed by atoms with E-state index >= 15 is 0 Å². The summed E-state index contributed by atoms with van der Waals surface area (Å²) in [5.41, 5.74) is 4.91. The Hall–Kier alpha value is -2.67. The fraction of sp³-hybridized carbons (Fsp3) is 0.0952. The first-order valence-corrected chi connectivity index (χ1v) is 7.71. The molecule has 0 N–H and O–H groups in total. The molecular formula is C21H17N. The Kier molecular flexibility index (Phi) is 3.32. The average Bonchev–Trinajstić information content (AvgIpc) is 2.59. The summed E-state index contributed by atoms with van der Waals surface area (Å²) in [6.07, 6.45) is 2.11. The lowest BCUT2D eigenvalue weighted by atomic mass is 9.99. The van der Waals surface area contributed by atoms with Crippen molar-refractivity contribution in [2.75, 3.05) is 0 Å². The number of hydrogen-bond donors (Lipinski definition) is 0. The Morgan fingerprint density at radius 3 is 2.32 bits per heavy atom. The van der Waals surface area contributed by atoms with Crippen LogP contribution in [0, 0.1) is 0 Å². The van der Waals surface area contributed by atoms with E-state index in [-0.39, 0.29) is 0 Å². The molecule has 4 aromatic rings. The van der Waals surface area contributed by atoms with Crippen LogP contribution >= 0.6 is 0 Å². The minimum Gasteiger partial charge on any atom is -0.248 e. The molecule has 0 aliphatic carbocycles. The van der Waals surface area contributed by atoms with Crippen LogP contribution in [-0.2, 0) is 12.8 Å². The molecular weight excluding hydrogens is 266 g/mol. The van der Waals surface area contributed by atoms with Crippen LogP contribution in [0.4, 0.5) is 0 Å². The predicted octanol–water partition coefficient (Wildman–Crippen LogP) is 5.17. The summed E-state index contributed by atoms with van der Waals surface area (Å²) in [4.78, 5) is 4.79. The average molecular weight is 283 g/mol. The number of para-hydroxylation sites is 1. The highest BCUT2D eigenvalue weighted by molar-refractivity contribution is 5.94. The Labute approximate surface area is 130 Å². The van der Waals surface area contributed by atoms with Gasteiger partial charge in [-0.25, -0.2) is 4.98 Å². The topological polar surface area (TPSA) is 12.9 Å². The molecule has 4 rings (SSSR count). The van der Waals surface area contributed by atoms with E-state index in [0.29, 0.717) is 0 Å². The highest BCUT2D eigenvalue weighted by atomic mass is 14.7. The van der Waals surface area contributed by atoms with Gasteiger partial charge in [-0.15, -0.1) is 0 Å². The number of benzene rings is 3. The Bertz CT molecular complexity index is 926. The first-order valence-electron chi connectivity index (χ1n) is 7.71. The lowest BCUT2D eigenvalue weighted by molar-refractivity contribution is 0.969. The number of rotatable bonds is 3. The number of pyridine rings is 1. The molecule has 0 radical (unpaired) electrons. The normalized spacial score (nSPS) is 11.1. The summed E-state index contributed by atoms with van der Waals surface area (Å²) in [5.74, 6) is 0. The molecule has 3 aromatic carbocycles. The molecule has 1 aromatic heterocycles. The highest BCUT2D eigenvalue weighted by Gasteiger charge is 2.04. The number of aryl methyl sites for hydroxylation is 2. The quantitative estimate of drug-likeness (QED) is 0.472. The van der Waals surface area contributed by atoms with Crippen LogP contribution in [0.15, 0.2) is 78.9 Å². The summed E-state index contributed by atoms with van der Waals surface area (Å²) >= 11 is 0. The first kappa shape index (κ1) is 13.0. The summed E-state index contributed by atoms with van der Waals surface area (Å²) in [6, 6.07) is 27.7. The summed E-state index contributed by atoms with van der Waals surface area (Å²) in [6.45, 7) is 0. The SMILES string of the molecule is c1ccc(CCc2cccc3nc4ccccc4cc23)cc1. The van der Waals surface area contributed by atoms with Crippen molar-refractivity contribution in [3.05, 3.63) is 90.0 Å². The standard InChI is InChI=1S/C21H17N/c1-2-7-16(8-3-1)13-14-17-10-6-12-21-19(17)15-18-9-4-5-11-20(18)22-21/h1-12,15H,13-14H2. The Morgan fingerprint density at radius 1 is 0.636 bits per heavy atom. The Balaban J connectivity index is 1.75. The maximum Gasteiger partial charge on any atom is 0.0712 e. The number of nitrogens with zero attached hydrogens (tertiary/aromatic N) is 1. The molecule has 0 saturated heterocycles. The van der Waals surface area contributed by atoms with Crippen molar-refractivity contribution >= 4 is 21.8 Å². The zero-order valence-corrected chi connectivity index (χ0v) is 12.4. The monoisotopic (exact) mass is 283 g/mol. The van der Waals surface area contributed by atoms with Crippen LogP contribution in [0.3, 0.4) is 0 Å². The molecule has 0 saturated carbocycles. The second kappa shape index (κ2) is 5.61. The van der Waals surface area contributed by atoms with Crippen molar-refractivity contribution in [1.29, 1.82) is 0 Å². The van der Waals surface area contributed by atoms with Gasteiger partial charge in [-0.3, -0.25) is 0 Å². The largest absolute Gasteiger partial charge is 0.248 e. The smallest absolute Gasteiger partial charge is 0.0712 e. The van der Waals surface area contributed by atoms with E-state index < -0.39 is 0 Å². The molecule has 106 valence electrons. The van der Waals surface area contributed by atoms with Gasteiger partial charge in [0.1, 0.15) is 0 Å². The molecule has 0 unspecified atom stereocenters. The fourth-order valence-electron chi connectivity index (χ4n) is 3.00. The van der Waals surface area contributed by atoms with E-state index in [0.717, 1.165) is 23.9 Å². The molecule has 0 fully saturated rings. The van der Waals surface area contributed by atoms with Gasteiger partial charge in [0, 0.05) is 10.8 Å². The van der Waals surface area contributed by atoms with Crippen molar-refractivity contribution < 1.29 is 0 Å². The third-order valence-electron chi connectivity index (χ3n) is 4.18. The van der Waals surface area contributed by atoms with Gasteiger partial charge in [-0.2, -0.15) is 0 Å². The molecule has 0 amide bonds. The second-order valence-electron chi connectivity index (χ2n) is 5.65. The van der Waals surface area contributed by atoms with Crippen molar-refractivity contribution in [2.24, 2.45) is 0 Å². The molecule has 22 heavy (non-hydrogen) atoms. The molecule has 1 heteroatoms. The van der Waals surface area contributed by atoms with Crippen LogP contribution in [0.25, 0.3) is 21.8 Å². The van der Waals surface area contributed by atoms with Crippen LogP contribution in [-0.4, -0.2) is 4.98 Å². The van der Waals surface area contributed by atoms with Crippen LogP contribution < -0.4 is 0 Å². The van der Waals surface area contributed by atoms with E-state index in [1.165, 1.54) is 21.9 Å². The van der Waals surface area contributed by atoms with E-state index in [9.17, 15) is 0 Å². The van der Waals surface area contributed by atoms with Crippen molar-refractivity contribution in [3.63, 3.8) is 0 Å². The first-order chi connectivity index (χ1) is 10.9. The maximum absolute atomic E-state index is 4.79. The van der Waals surface area contributed by atoms with Crippen molar-refractivity contribution in [2.45, 2.75) is 12.8 Å². The lowest BCUT2D eigenvalue weighted by Gasteiger charge is -2.08.